The Morgan fingerprint density at radius 3 is 2.50 bits per heavy atom. The van der Waals surface area contributed by atoms with Crippen molar-refractivity contribution in [2.45, 2.75) is 19.4 Å². The van der Waals surface area contributed by atoms with Gasteiger partial charge >= 0.3 is 5.97 Å². The Kier molecular flexibility index (Phi) is 2.49. The standard InChI is InChI=1S/C10H13NO3/c1-6-3-4-7(8(12)5-6)10(2,11)9(13)14/h3-5,12H,11H2,1-2H3,(H,13,14)/t10-/m1/s1. The molecule has 0 saturated carbocycles. The van der Waals surface area contributed by atoms with Gasteiger partial charge in [-0.25, -0.2) is 4.79 Å². The number of hydrogen-bond donors (Lipinski definition) is 3. The normalized spacial score (nSPS) is 14.8. The molecule has 1 aromatic carbocycles. The third-order valence-electron chi connectivity index (χ3n) is 2.16. The van der Waals surface area contributed by atoms with E-state index in [1.807, 2.05) is 0 Å². The van der Waals surface area contributed by atoms with Crippen molar-refractivity contribution in [1.29, 1.82) is 0 Å². The Balaban J connectivity index is 3.26. The molecule has 0 spiro atoms. The summed E-state index contributed by atoms with van der Waals surface area (Å²) in [6.07, 6.45) is 0. The highest BCUT2D eigenvalue weighted by molar-refractivity contribution is 5.81. The lowest BCUT2D eigenvalue weighted by molar-refractivity contribution is -0.143. The molecule has 0 aliphatic carbocycles. The van der Waals surface area contributed by atoms with Crippen LogP contribution in [0.2, 0.25) is 0 Å². The molecule has 14 heavy (non-hydrogen) atoms. The zero-order chi connectivity index (χ0) is 10.9. The van der Waals surface area contributed by atoms with Crippen LogP contribution in [0.25, 0.3) is 0 Å². The predicted octanol–water partition coefficient (Wildman–Crippen LogP) is 0.959. The summed E-state index contributed by atoms with van der Waals surface area (Å²) in [6, 6.07) is 4.73. The van der Waals surface area contributed by atoms with Crippen LogP contribution in [0.3, 0.4) is 0 Å². The number of aliphatic carboxylic acids is 1. The highest BCUT2D eigenvalue weighted by Gasteiger charge is 2.32. The molecule has 0 aromatic heterocycles. The molecule has 0 saturated heterocycles. The molecule has 1 rings (SSSR count). The van der Waals surface area contributed by atoms with E-state index in [2.05, 4.69) is 0 Å². The predicted molar refractivity (Wildman–Crippen MR) is 52.0 cm³/mol. The number of rotatable bonds is 2. The Bertz CT molecular complexity index is 372. The molecule has 1 atom stereocenters. The first kappa shape index (κ1) is 10.5. The molecule has 0 aliphatic heterocycles. The second-order valence-electron chi connectivity index (χ2n) is 3.53. The van der Waals surface area contributed by atoms with Gasteiger partial charge in [-0.2, -0.15) is 0 Å². The summed E-state index contributed by atoms with van der Waals surface area (Å²) in [5, 5.41) is 18.4. The molecule has 1 aromatic rings. The first-order valence-electron chi connectivity index (χ1n) is 4.18. The van der Waals surface area contributed by atoms with Crippen molar-refractivity contribution in [3.63, 3.8) is 0 Å². The SMILES string of the molecule is Cc1ccc([C@@](C)(N)C(=O)O)c(O)c1. The van der Waals surface area contributed by atoms with Gasteiger partial charge in [-0.1, -0.05) is 12.1 Å². The van der Waals surface area contributed by atoms with E-state index in [1.165, 1.54) is 19.1 Å². The maximum absolute atomic E-state index is 10.8. The van der Waals surface area contributed by atoms with Crippen LogP contribution in [0.15, 0.2) is 18.2 Å². The number of carboxylic acids is 1. The number of nitrogens with two attached hydrogens (primary N) is 1. The third-order valence-corrected chi connectivity index (χ3v) is 2.16. The van der Waals surface area contributed by atoms with E-state index in [0.717, 1.165) is 5.56 Å². The van der Waals surface area contributed by atoms with Crippen LogP contribution in [0.1, 0.15) is 18.1 Å². The van der Waals surface area contributed by atoms with Gasteiger partial charge in [-0.15, -0.1) is 0 Å². The summed E-state index contributed by atoms with van der Waals surface area (Å²) in [7, 11) is 0. The molecule has 4 heteroatoms. The fraction of sp³-hybridized carbons (Fsp3) is 0.300. The smallest absolute Gasteiger partial charge is 0.328 e. The van der Waals surface area contributed by atoms with Gasteiger partial charge < -0.3 is 15.9 Å². The van der Waals surface area contributed by atoms with Crippen LogP contribution < -0.4 is 5.73 Å². The molecule has 0 amide bonds. The summed E-state index contributed by atoms with van der Waals surface area (Å²) >= 11 is 0. The van der Waals surface area contributed by atoms with Crippen molar-refractivity contribution in [3.05, 3.63) is 29.3 Å². The molecule has 4 N–H and O–H groups in total. The molecule has 0 unspecified atom stereocenters. The van der Waals surface area contributed by atoms with Crippen molar-refractivity contribution in [1.82, 2.24) is 0 Å². The molecule has 0 bridgehead atoms. The summed E-state index contributed by atoms with van der Waals surface area (Å²) in [5.74, 6) is -1.26. The Hall–Kier alpha value is -1.55. The number of phenols is 1. The molecule has 76 valence electrons. The summed E-state index contributed by atoms with van der Waals surface area (Å²) in [4.78, 5) is 10.8. The largest absolute Gasteiger partial charge is 0.508 e. The number of carboxylic acid groups (broad SMARTS) is 1. The maximum Gasteiger partial charge on any atom is 0.328 e. The first-order chi connectivity index (χ1) is 6.35. The monoisotopic (exact) mass is 195 g/mol. The number of carbonyl (C=O) groups is 1. The van der Waals surface area contributed by atoms with Gasteiger partial charge in [-0.05, 0) is 25.5 Å². The van der Waals surface area contributed by atoms with E-state index in [4.69, 9.17) is 10.8 Å². The zero-order valence-electron chi connectivity index (χ0n) is 8.11. The summed E-state index contributed by atoms with van der Waals surface area (Å²) in [5.41, 5.74) is 5.09. The first-order valence-corrected chi connectivity index (χ1v) is 4.18. The van der Waals surface area contributed by atoms with Gasteiger partial charge in [-0.3, -0.25) is 0 Å². The van der Waals surface area contributed by atoms with Crippen LogP contribution in [0, 0.1) is 6.92 Å². The van der Waals surface area contributed by atoms with E-state index in [0.29, 0.717) is 0 Å². The van der Waals surface area contributed by atoms with E-state index in [-0.39, 0.29) is 11.3 Å². The van der Waals surface area contributed by atoms with Gasteiger partial charge in [0.2, 0.25) is 0 Å². The fourth-order valence-corrected chi connectivity index (χ4v) is 1.20. The van der Waals surface area contributed by atoms with Crippen LogP contribution in [0.4, 0.5) is 0 Å². The van der Waals surface area contributed by atoms with Crippen LogP contribution in [-0.4, -0.2) is 16.2 Å². The van der Waals surface area contributed by atoms with Gasteiger partial charge in [0.25, 0.3) is 0 Å². The van der Waals surface area contributed by atoms with Crippen molar-refractivity contribution in [2.24, 2.45) is 5.73 Å². The molecular weight excluding hydrogens is 182 g/mol. The Morgan fingerprint density at radius 1 is 1.50 bits per heavy atom. The number of hydrogen-bond acceptors (Lipinski definition) is 3. The lowest BCUT2D eigenvalue weighted by Gasteiger charge is -2.20. The summed E-state index contributed by atoms with van der Waals surface area (Å²) in [6.45, 7) is 3.15. The Labute approximate surface area is 82.0 Å². The number of benzene rings is 1. The number of aromatic hydroxyl groups is 1. The topological polar surface area (TPSA) is 83.6 Å². The van der Waals surface area contributed by atoms with Gasteiger partial charge in [0.1, 0.15) is 11.3 Å². The minimum Gasteiger partial charge on any atom is -0.508 e. The molecule has 0 aliphatic rings. The highest BCUT2D eigenvalue weighted by Crippen LogP contribution is 2.28. The van der Waals surface area contributed by atoms with E-state index >= 15 is 0 Å². The van der Waals surface area contributed by atoms with Crippen LogP contribution >= 0.6 is 0 Å². The summed E-state index contributed by atoms with van der Waals surface area (Å²) < 4.78 is 0. The van der Waals surface area contributed by atoms with Gasteiger partial charge in [0.05, 0.1) is 0 Å². The number of phenolic OH excluding ortho intramolecular Hbond substituents is 1. The molecular formula is C10H13NO3. The highest BCUT2D eigenvalue weighted by atomic mass is 16.4. The van der Waals surface area contributed by atoms with Crippen molar-refractivity contribution >= 4 is 5.97 Å². The lowest BCUT2D eigenvalue weighted by atomic mass is 9.92. The second kappa shape index (κ2) is 3.31. The van der Waals surface area contributed by atoms with E-state index in [1.54, 1.807) is 13.0 Å². The van der Waals surface area contributed by atoms with Crippen molar-refractivity contribution in [2.75, 3.05) is 0 Å². The quantitative estimate of drug-likeness (QED) is 0.656. The van der Waals surface area contributed by atoms with Crippen LogP contribution in [-0.2, 0) is 10.3 Å². The minimum absolute atomic E-state index is 0.0857. The lowest BCUT2D eigenvalue weighted by Crippen LogP contribution is -2.41. The molecule has 0 heterocycles. The van der Waals surface area contributed by atoms with E-state index in [9.17, 15) is 9.90 Å². The van der Waals surface area contributed by atoms with Gasteiger partial charge in [0, 0.05) is 5.56 Å². The average Bonchev–Trinajstić information content (AvgIpc) is 2.02. The van der Waals surface area contributed by atoms with Crippen molar-refractivity contribution in [3.8, 4) is 5.75 Å². The number of aryl methyl sites for hydroxylation is 1. The fourth-order valence-electron chi connectivity index (χ4n) is 1.20. The van der Waals surface area contributed by atoms with E-state index < -0.39 is 11.5 Å². The average molecular weight is 195 g/mol. The Morgan fingerprint density at radius 2 is 2.07 bits per heavy atom. The third kappa shape index (κ3) is 1.70. The molecule has 0 radical (unpaired) electrons. The zero-order valence-corrected chi connectivity index (χ0v) is 8.11. The van der Waals surface area contributed by atoms with Gasteiger partial charge in [0.15, 0.2) is 0 Å². The maximum atomic E-state index is 10.8. The molecule has 0 fully saturated rings. The van der Waals surface area contributed by atoms with Crippen molar-refractivity contribution < 1.29 is 15.0 Å². The second-order valence-corrected chi connectivity index (χ2v) is 3.53. The van der Waals surface area contributed by atoms with Crippen LogP contribution in [0.5, 0.6) is 5.75 Å². The minimum atomic E-state index is -1.56. The molecule has 4 nitrogen and oxygen atoms in total.